The minimum atomic E-state index is -0.336. The third kappa shape index (κ3) is 3.71. The van der Waals surface area contributed by atoms with Crippen molar-refractivity contribution < 1.29 is 13.9 Å². The SMILES string of the molecule is Cc1nc(-c2cccs2)ccc1C(=O)NC1CCCOc2ccc(F)cc21. The summed E-state index contributed by atoms with van der Waals surface area (Å²) in [6.07, 6.45) is 1.48. The molecule has 0 radical (unpaired) electrons. The number of pyridine rings is 1. The number of carbonyl (C=O) groups is 1. The van der Waals surface area contributed by atoms with Crippen LogP contribution in [0.4, 0.5) is 4.39 Å². The van der Waals surface area contributed by atoms with Gasteiger partial charge >= 0.3 is 0 Å². The summed E-state index contributed by atoms with van der Waals surface area (Å²) < 4.78 is 19.4. The van der Waals surface area contributed by atoms with E-state index in [2.05, 4.69) is 10.3 Å². The van der Waals surface area contributed by atoms with Gasteiger partial charge in [0.05, 0.1) is 34.5 Å². The first kappa shape index (κ1) is 17.7. The summed E-state index contributed by atoms with van der Waals surface area (Å²) in [5.74, 6) is 0.0820. The van der Waals surface area contributed by atoms with Crippen LogP contribution >= 0.6 is 11.3 Å². The maximum Gasteiger partial charge on any atom is 0.253 e. The Bertz CT molecular complexity index is 972. The summed E-state index contributed by atoms with van der Waals surface area (Å²) >= 11 is 1.61. The van der Waals surface area contributed by atoms with E-state index in [1.54, 1.807) is 23.5 Å². The molecule has 1 aliphatic heterocycles. The third-order valence-electron chi connectivity index (χ3n) is 4.65. The first-order valence-electron chi connectivity index (χ1n) is 8.86. The van der Waals surface area contributed by atoms with Crippen LogP contribution in [-0.2, 0) is 0 Å². The van der Waals surface area contributed by atoms with Gasteiger partial charge in [0, 0.05) is 5.56 Å². The lowest BCUT2D eigenvalue weighted by atomic mass is 10.0. The van der Waals surface area contributed by atoms with E-state index >= 15 is 0 Å². The van der Waals surface area contributed by atoms with Crippen LogP contribution in [0.15, 0.2) is 47.8 Å². The molecule has 6 heteroatoms. The molecule has 1 atom stereocenters. The molecule has 0 fully saturated rings. The molecule has 1 N–H and O–H groups in total. The van der Waals surface area contributed by atoms with Crippen molar-refractivity contribution in [2.24, 2.45) is 0 Å². The van der Waals surface area contributed by atoms with Gasteiger partial charge in [-0.25, -0.2) is 4.39 Å². The van der Waals surface area contributed by atoms with Crippen LogP contribution < -0.4 is 10.1 Å². The molecule has 4 rings (SSSR count). The van der Waals surface area contributed by atoms with Gasteiger partial charge in [0.2, 0.25) is 0 Å². The second-order valence-corrected chi connectivity index (χ2v) is 7.45. The Labute approximate surface area is 161 Å². The van der Waals surface area contributed by atoms with E-state index in [-0.39, 0.29) is 17.8 Å². The van der Waals surface area contributed by atoms with E-state index in [9.17, 15) is 9.18 Å². The predicted molar refractivity (Wildman–Crippen MR) is 104 cm³/mol. The van der Waals surface area contributed by atoms with Crippen LogP contribution in [-0.4, -0.2) is 17.5 Å². The van der Waals surface area contributed by atoms with E-state index < -0.39 is 0 Å². The molecule has 0 bridgehead atoms. The van der Waals surface area contributed by atoms with Gasteiger partial charge in [-0.3, -0.25) is 9.78 Å². The van der Waals surface area contributed by atoms with Crippen molar-refractivity contribution >= 4 is 17.2 Å². The highest BCUT2D eigenvalue weighted by atomic mass is 32.1. The summed E-state index contributed by atoms with van der Waals surface area (Å²) in [5.41, 5.74) is 2.73. The number of nitrogens with zero attached hydrogens (tertiary/aromatic N) is 1. The highest BCUT2D eigenvalue weighted by Crippen LogP contribution is 2.32. The van der Waals surface area contributed by atoms with Gasteiger partial charge in [-0.15, -0.1) is 11.3 Å². The topological polar surface area (TPSA) is 51.2 Å². The molecule has 4 nitrogen and oxygen atoms in total. The second-order valence-electron chi connectivity index (χ2n) is 6.51. The van der Waals surface area contributed by atoms with E-state index in [0.717, 1.165) is 17.0 Å². The number of aromatic nitrogens is 1. The number of fused-ring (bicyclic) bond motifs is 1. The lowest BCUT2D eigenvalue weighted by Gasteiger charge is -2.19. The number of hydrogen-bond donors (Lipinski definition) is 1. The predicted octanol–water partition coefficient (Wildman–Crippen LogP) is 4.90. The number of nitrogens with one attached hydrogen (secondary N) is 1. The number of hydrogen-bond acceptors (Lipinski definition) is 4. The third-order valence-corrected chi connectivity index (χ3v) is 5.54. The molecular weight excluding hydrogens is 363 g/mol. The van der Waals surface area contributed by atoms with Gasteiger partial charge in [0.15, 0.2) is 0 Å². The van der Waals surface area contributed by atoms with E-state index in [1.807, 2.05) is 30.5 Å². The van der Waals surface area contributed by atoms with E-state index in [1.165, 1.54) is 12.1 Å². The zero-order valence-corrected chi connectivity index (χ0v) is 15.7. The maximum atomic E-state index is 13.7. The van der Waals surface area contributed by atoms with Crippen LogP contribution in [0.1, 0.15) is 40.5 Å². The number of ether oxygens (including phenoxy) is 1. The molecule has 138 valence electrons. The monoisotopic (exact) mass is 382 g/mol. The molecule has 1 amide bonds. The standard InChI is InChI=1S/C21H19FN2O2S/c1-13-15(7-8-18(23-13)20-5-3-11-27-20)21(25)24-17-4-2-10-26-19-9-6-14(22)12-16(17)19/h3,5-9,11-12,17H,2,4,10H2,1H3,(H,24,25). The molecule has 3 aromatic rings. The fraction of sp³-hybridized carbons (Fsp3) is 0.238. The van der Waals surface area contributed by atoms with Gasteiger partial charge < -0.3 is 10.1 Å². The zero-order valence-electron chi connectivity index (χ0n) is 14.9. The van der Waals surface area contributed by atoms with Crippen molar-refractivity contribution in [3.63, 3.8) is 0 Å². The Kier molecular flexibility index (Phi) is 4.90. The number of amides is 1. The van der Waals surface area contributed by atoms with Crippen molar-refractivity contribution in [1.82, 2.24) is 10.3 Å². The van der Waals surface area contributed by atoms with Crippen LogP contribution in [0.25, 0.3) is 10.6 Å². The smallest absolute Gasteiger partial charge is 0.253 e. The summed E-state index contributed by atoms with van der Waals surface area (Å²) in [6.45, 7) is 2.39. The average Bonchev–Trinajstić information content (AvgIpc) is 3.12. The molecule has 0 spiro atoms. The number of benzene rings is 1. The lowest BCUT2D eigenvalue weighted by molar-refractivity contribution is 0.0933. The zero-order chi connectivity index (χ0) is 18.8. The Hall–Kier alpha value is -2.73. The van der Waals surface area contributed by atoms with Crippen LogP contribution in [0.2, 0.25) is 0 Å². The summed E-state index contributed by atoms with van der Waals surface area (Å²) in [4.78, 5) is 18.5. The van der Waals surface area contributed by atoms with Gasteiger partial charge in [0.25, 0.3) is 5.91 Å². The van der Waals surface area contributed by atoms with Crippen molar-refractivity contribution in [1.29, 1.82) is 0 Å². The van der Waals surface area contributed by atoms with Crippen molar-refractivity contribution in [2.45, 2.75) is 25.8 Å². The molecule has 0 saturated carbocycles. The Morgan fingerprint density at radius 1 is 1.30 bits per heavy atom. The molecule has 0 saturated heterocycles. The molecule has 1 aromatic carbocycles. The van der Waals surface area contributed by atoms with Crippen LogP contribution in [0, 0.1) is 12.7 Å². The van der Waals surface area contributed by atoms with E-state index in [0.29, 0.717) is 35.6 Å². The van der Waals surface area contributed by atoms with Crippen LogP contribution in [0.3, 0.4) is 0 Å². The molecule has 2 aromatic heterocycles. The van der Waals surface area contributed by atoms with Crippen LogP contribution in [0.5, 0.6) is 5.75 Å². The summed E-state index contributed by atoms with van der Waals surface area (Å²) in [5, 5.41) is 5.03. The Morgan fingerprint density at radius 2 is 2.19 bits per heavy atom. The quantitative estimate of drug-likeness (QED) is 0.701. The van der Waals surface area contributed by atoms with Gasteiger partial charge in [-0.1, -0.05) is 6.07 Å². The van der Waals surface area contributed by atoms with Gasteiger partial charge in [-0.2, -0.15) is 0 Å². The molecule has 1 unspecified atom stereocenters. The van der Waals surface area contributed by atoms with E-state index in [4.69, 9.17) is 4.74 Å². The fourth-order valence-corrected chi connectivity index (χ4v) is 3.99. The number of carbonyl (C=O) groups excluding carboxylic acids is 1. The van der Waals surface area contributed by atoms with Crippen molar-refractivity contribution in [3.8, 4) is 16.3 Å². The van der Waals surface area contributed by atoms with Gasteiger partial charge in [0.1, 0.15) is 11.6 Å². The largest absolute Gasteiger partial charge is 0.493 e. The average molecular weight is 382 g/mol. The van der Waals surface area contributed by atoms with Crippen molar-refractivity contribution in [2.75, 3.05) is 6.61 Å². The van der Waals surface area contributed by atoms with Gasteiger partial charge in [-0.05, 0) is 61.5 Å². The molecule has 3 heterocycles. The normalized spacial score (nSPS) is 16.1. The number of halogens is 1. The first-order chi connectivity index (χ1) is 13.1. The molecule has 0 aliphatic carbocycles. The number of rotatable bonds is 3. The Morgan fingerprint density at radius 3 is 2.96 bits per heavy atom. The number of thiophene rings is 1. The second kappa shape index (κ2) is 7.48. The Balaban J connectivity index is 1.58. The molecule has 27 heavy (non-hydrogen) atoms. The highest BCUT2D eigenvalue weighted by Gasteiger charge is 2.23. The maximum absolute atomic E-state index is 13.7. The fourth-order valence-electron chi connectivity index (χ4n) is 3.30. The highest BCUT2D eigenvalue weighted by molar-refractivity contribution is 7.13. The minimum Gasteiger partial charge on any atom is -0.493 e. The molecular formula is C21H19FN2O2S. The first-order valence-corrected chi connectivity index (χ1v) is 9.74. The minimum absolute atomic E-state index is 0.208. The lowest BCUT2D eigenvalue weighted by Crippen LogP contribution is -2.29. The summed E-state index contributed by atoms with van der Waals surface area (Å²) in [6, 6.07) is 11.8. The molecule has 1 aliphatic rings. The summed E-state index contributed by atoms with van der Waals surface area (Å²) in [7, 11) is 0. The number of aryl methyl sites for hydroxylation is 1. The van der Waals surface area contributed by atoms with Crippen molar-refractivity contribution in [3.05, 3.63) is 70.5 Å².